The fourth-order valence-corrected chi connectivity index (χ4v) is 2.85. The van der Waals surface area contributed by atoms with Crippen molar-refractivity contribution in [2.24, 2.45) is 0 Å². The van der Waals surface area contributed by atoms with Gasteiger partial charge in [-0.1, -0.05) is 12.2 Å². The van der Waals surface area contributed by atoms with E-state index in [1.54, 1.807) is 23.6 Å². The van der Waals surface area contributed by atoms with Crippen LogP contribution in [0.3, 0.4) is 0 Å². The number of nitrogen functional groups attached to an aromatic ring is 1. The first-order valence-corrected chi connectivity index (χ1v) is 7.21. The number of hydrogen-bond donors (Lipinski definition) is 1. The Morgan fingerprint density at radius 1 is 1.38 bits per heavy atom. The highest BCUT2D eigenvalue weighted by molar-refractivity contribution is 5.75. The van der Waals surface area contributed by atoms with E-state index in [0.29, 0.717) is 23.4 Å². The molecule has 2 aromatic rings. The maximum Gasteiger partial charge on any atom is 0.333 e. The average Bonchev–Trinajstić information content (AvgIpc) is 2.48. The second kappa shape index (κ2) is 5.20. The summed E-state index contributed by atoms with van der Waals surface area (Å²) in [5, 5.41) is 0.435. The van der Waals surface area contributed by atoms with Gasteiger partial charge in [0.25, 0.3) is 5.56 Å². The molecule has 2 heterocycles. The third kappa shape index (κ3) is 2.16. The molecule has 6 heteroatoms. The molecule has 0 spiro atoms. The Bertz CT molecular complexity index is 832. The second-order valence-corrected chi connectivity index (χ2v) is 5.24. The van der Waals surface area contributed by atoms with Gasteiger partial charge in [0, 0.05) is 6.54 Å². The molecule has 6 nitrogen and oxygen atoms in total. The van der Waals surface area contributed by atoms with Gasteiger partial charge in [0.2, 0.25) is 0 Å². The van der Waals surface area contributed by atoms with Crippen molar-refractivity contribution in [3.8, 4) is 0 Å². The van der Waals surface area contributed by atoms with E-state index in [-0.39, 0.29) is 17.3 Å². The Balaban J connectivity index is 2.43. The molecule has 1 unspecified atom stereocenters. The summed E-state index contributed by atoms with van der Waals surface area (Å²) in [4.78, 5) is 29.3. The lowest BCUT2D eigenvalue weighted by atomic mass is 10.0. The van der Waals surface area contributed by atoms with Gasteiger partial charge in [-0.15, -0.1) is 0 Å². The zero-order chi connectivity index (χ0) is 15.0. The van der Waals surface area contributed by atoms with E-state index < -0.39 is 0 Å². The third-order valence-electron chi connectivity index (χ3n) is 3.91. The van der Waals surface area contributed by atoms with Crippen molar-refractivity contribution in [3.63, 3.8) is 0 Å². The van der Waals surface area contributed by atoms with Gasteiger partial charge < -0.3 is 5.73 Å². The molecule has 1 aliphatic carbocycles. The summed E-state index contributed by atoms with van der Waals surface area (Å²) in [5.74, 6) is 0.309. The number of allylic oxidation sites excluding steroid dienone is 2. The van der Waals surface area contributed by atoms with Crippen molar-refractivity contribution in [1.29, 1.82) is 0 Å². The van der Waals surface area contributed by atoms with Crippen LogP contribution in [0.15, 0.2) is 33.9 Å². The van der Waals surface area contributed by atoms with E-state index in [2.05, 4.69) is 11.1 Å². The summed E-state index contributed by atoms with van der Waals surface area (Å²) < 4.78 is 2.86. The van der Waals surface area contributed by atoms with Crippen LogP contribution in [-0.2, 0) is 6.54 Å². The SMILES string of the molecule is CCn1c(=O)c2ccc(N)nc2n(C2C=CCCC2)c1=O. The predicted molar refractivity (Wildman–Crippen MR) is 82.4 cm³/mol. The molecule has 0 aromatic carbocycles. The molecule has 0 bridgehead atoms. The van der Waals surface area contributed by atoms with Crippen molar-refractivity contribution < 1.29 is 0 Å². The maximum absolute atomic E-state index is 12.7. The highest BCUT2D eigenvalue weighted by atomic mass is 16.2. The summed E-state index contributed by atoms with van der Waals surface area (Å²) >= 11 is 0. The molecule has 3 rings (SSSR count). The maximum atomic E-state index is 12.7. The number of rotatable bonds is 2. The molecule has 21 heavy (non-hydrogen) atoms. The molecule has 1 atom stereocenters. The zero-order valence-electron chi connectivity index (χ0n) is 12.0. The Hall–Kier alpha value is -2.37. The molecular weight excluding hydrogens is 268 g/mol. The molecule has 0 saturated carbocycles. The van der Waals surface area contributed by atoms with Crippen LogP contribution < -0.4 is 17.0 Å². The monoisotopic (exact) mass is 286 g/mol. The molecule has 2 aromatic heterocycles. The number of nitrogens with zero attached hydrogens (tertiary/aromatic N) is 3. The first-order valence-electron chi connectivity index (χ1n) is 7.21. The van der Waals surface area contributed by atoms with Crippen molar-refractivity contribution in [2.45, 2.75) is 38.8 Å². The molecule has 0 saturated heterocycles. The van der Waals surface area contributed by atoms with E-state index in [9.17, 15) is 9.59 Å². The lowest BCUT2D eigenvalue weighted by Crippen LogP contribution is -2.41. The highest BCUT2D eigenvalue weighted by Crippen LogP contribution is 2.23. The number of pyridine rings is 1. The lowest BCUT2D eigenvalue weighted by Gasteiger charge is -2.21. The fourth-order valence-electron chi connectivity index (χ4n) is 2.85. The number of fused-ring (bicyclic) bond motifs is 1. The Morgan fingerprint density at radius 2 is 2.19 bits per heavy atom. The summed E-state index contributed by atoms with van der Waals surface area (Å²) in [5.41, 5.74) is 5.50. The van der Waals surface area contributed by atoms with Crippen LogP contribution in [0, 0.1) is 0 Å². The highest BCUT2D eigenvalue weighted by Gasteiger charge is 2.20. The smallest absolute Gasteiger partial charge is 0.333 e. The van der Waals surface area contributed by atoms with E-state index in [1.807, 2.05) is 6.08 Å². The van der Waals surface area contributed by atoms with Crippen LogP contribution in [0.5, 0.6) is 0 Å². The van der Waals surface area contributed by atoms with Gasteiger partial charge in [-0.05, 0) is 38.3 Å². The molecule has 1 aliphatic rings. The van der Waals surface area contributed by atoms with Crippen LogP contribution in [-0.4, -0.2) is 14.1 Å². The van der Waals surface area contributed by atoms with E-state index in [4.69, 9.17) is 5.73 Å². The van der Waals surface area contributed by atoms with Gasteiger partial charge in [0.15, 0.2) is 5.65 Å². The van der Waals surface area contributed by atoms with Crippen LogP contribution in [0.1, 0.15) is 32.2 Å². The van der Waals surface area contributed by atoms with Crippen molar-refractivity contribution >= 4 is 16.9 Å². The van der Waals surface area contributed by atoms with Crippen LogP contribution >= 0.6 is 0 Å². The van der Waals surface area contributed by atoms with Gasteiger partial charge in [-0.3, -0.25) is 13.9 Å². The summed E-state index contributed by atoms with van der Waals surface area (Å²) in [7, 11) is 0. The first-order chi connectivity index (χ1) is 10.1. The van der Waals surface area contributed by atoms with Crippen molar-refractivity contribution in [1.82, 2.24) is 14.1 Å². The Labute approximate surface area is 121 Å². The minimum absolute atomic E-state index is 0.0681. The Morgan fingerprint density at radius 3 is 2.86 bits per heavy atom. The van der Waals surface area contributed by atoms with Crippen LogP contribution in [0.4, 0.5) is 5.82 Å². The summed E-state index contributed by atoms with van der Waals surface area (Å²) in [6, 6.07) is 3.17. The standard InChI is InChI=1S/C15H18N4O2/c1-2-18-14(20)11-8-9-12(16)17-13(11)19(15(18)21)10-6-4-3-5-7-10/h4,6,8-10H,2-3,5,7H2,1H3,(H2,16,17). The number of aromatic nitrogens is 3. The molecular formula is C15H18N4O2. The number of nitrogens with two attached hydrogens (primary N) is 1. The fraction of sp³-hybridized carbons (Fsp3) is 0.400. The number of hydrogen-bond acceptors (Lipinski definition) is 4. The molecule has 0 radical (unpaired) electrons. The van der Waals surface area contributed by atoms with Crippen LogP contribution in [0.2, 0.25) is 0 Å². The molecule has 2 N–H and O–H groups in total. The van der Waals surface area contributed by atoms with Crippen molar-refractivity contribution in [3.05, 3.63) is 45.1 Å². The van der Waals surface area contributed by atoms with Gasteiger partial charge in [-0.25, -0.2) is 9.78 Å². The van der Waals surface area contributed by atoms with E-state index in [0.717, 1.165) is 19.3 Å². The molecule has 110 valence electrons. The number of anilines is 1. The summed E-state index contributed by atoms with van der Waals surface area (Å²) in [6.07, 6.45) is 6.98. The molecule has 0 aliphatic heterocycles. The minimum atomic E-state index is -0.315. The van der Waals surface area contributed by atoms with E-state index >= 15 is 0 Å². The third-order valence-corrected chi connectivity index (χ3v) is 3.91. The Kier molecular flexibility index (Phi) is 3.37. The average molecular weight is 286 g/mol. The predicted octanol–water partition coefficient (Wildman–Crippen LogP) is 1.44. The molecule has 0 amide bonds. The van der Waals surface area contributed by atoms with Gasteiger partial charge in [0.1, 0.15) is 5.82 Å². The first kappa shape index (κ1) is 13.6. The van der Waals surface area contributed by atoms with Crippen LogP contribution in [0.25, 0.3) is 11.0 Å². The van der Waals surface area contributed by atoms with Gasteiger partial charge >= 0.3 is 5.69 Å². The topological polar surface area (TPSA) is 82.9 Å². The normalized spacial score (nSPS) is 18.2. The lowest BCUT2D eigenvalue weighted by molar-refractivity contribution is 0.484. The van der Waals surface area contributed by atoms with Gasteiger partial charge in [-0.2, -0.15) is 0 Å². The summed E-state index contributed by atoms with van der Waals surface area (Å²) in [6.45, 7) is 2.13. The van der Waals surface area contributed by atoms with E-state index in [1.165, 1.54) is 4.57 Å². The quantitative estimate of drug-likeness (QED) is 0.847. The second-order valence-electron chi connectivity index (χ2n) is 5.24. The minimum Gasteiger partial charge on any atom is -0.384 e. The van der Waals surface area contributed by atoms with Crippen molar-refractivity contribution in [2.75, 3.05) is 5.73 Å². The largest absolute Gasteiger partial charge is 0.384 e. The van der Waals surface area contributed by atoms with Gasteiger partial charge in [0.05, 0.1) is 11.4 Å². The molecule has 0 fully saturated rings. The zero-order valence-corrected chi connectivity index (χ0v) is 12.0.